The van der Waals surface area contributed by atoms with E-state index in [2.05, 4.69) is 29.3 Å². The van der Waals surface area contributed by atoms with Crippen LogP contribution in [0.25, 0.3) is 0 Å². The Bertz CT molecular complexity index is 270. The third kappa shape index (κ3) is 2.41. The Balaban J connectivity index is 1.97. The van der Waals surface area contributed by atoms with Gasteiger partial charge < -0.3 is 0 Å². The van der Waals surface area contributed by atoms with Crippen LogP contribution in [-0.2, 0) is 0 Å². The maximum absolute atomic E-state index is 4.57. The minimum atomic E-state index is 0.597. The van der Waals surface area contributed by atoms with Crippen molar-refractivity contribution in [3.63, 3.8) is 0 Å². The molecule has 1 aromatic rings. The molecule has 0 bridgehead atoms. The maximum atomic E-state index is 4.57. The number of aliphatic imine (C=N–C) groups is 1. The second kappa shape index (κ2) is 4.22. The van der Waals surface area contributed by atoms with E-state index in [4.69, 9.17) is 0 Å². The summed E-state index contributed by atoms with van der Waals surface area (Å²) >= 11 is 0. The molecule has 1 nitrogen and oxygen atoms in total. The Hall–Kier alpha value is -1.11. The van der Waals surface area contributed by atoms with Gasteiger partial charge in [0, 0.05) is 12.3 Å². The first-order valence-electron chi connectivity index (χ1n) is 5.03. The van der Waals surface area contributed by atoms with Crippen LogP contribution in [-0.4, -0.2) is 12.3 Å². The van der Waals surface area contributed by atoms with Crippen LogP contribution in [0.4, 0.5) is 0 Å². The fraction of sp³-hybridized carbons (Fsp3) is 0.417. The molecule has 1 aliphatic rings. The molecule has 0 heterocycles. The van der Waals surface area contributed by atoms with Crippen LogP contribution in [0.2, 0.25) is 0 Å². The molecule has 0 aliphatic heterocycles. The zero-order valence-electron chi connectivity index (χ0n) is 7.82. The smallest absolute Gasteiger partial charge is 0.0499 e. The van der Waals surface area contributed by atoms with Crippen molar-refractivity contribution in [1.82, 2.24) is 0 Å². The van der Waals surface area contributed by atoms with Crippen molar-refractivity contribution >= 4 is 6.21 Å². The molecule has 0 aromatic heterocycles. The largest absolute Gasteiger partial charge is 0.289 e. The van der Waals surface area contributed by atoms with Crippen molar-refractivity contribution in [1.29, 1.82) is 0 Å². The van der Waals surface area contributed by atoms with Gasteiger partial charge in [-0.2, -0.15) is 0 Å². The maximum Gasteiger partial charge on any atom is 0.0499 e. The molecule has 0 atom stereocenters. The van der Waals surface area contributed by atoms with Gasteiger partial charge in [-0.15, -0.1) is 0 Å². The molecular formula is C12H15N. The summed E-state index contributed by atoms with van der Waals surface area (Å²) < 4.78 is 0. The molecular weight excluding hydrogens is 158 g/mol. The first kappa shape index (κ1) is 8.49. The van der Waals surface area contributed by atoms with Crippen LogP contribution in [0.5, 0.6) is 0 Å². The second-order valence-electron chi connectivity index (χ2n) is 3.63. The monoisotopic (exact) mass is 173 g/mol. The summed E-state index contributed by atoms with van der Waals surface area (Å²) in [6, 6.07) is 10.9. The Morgan fingerprint density at radius 3 is 2.46 bits per heavy atom. The van der Waals surface area contributed by atoms with Crippen LogP contribution in [0, 0.1) is 0 Å². The molecule has 68 valence electrons. The molecule has 1 heteroatoms. The van der Waals surface area contributed by atoms with Crippen molar-refractivity contribution in [2.45, 2.75) is 31.7 Å². The van der Waals surface area contributed by atoms with Crippen LogP contribution >= 0.6 is 0 Å². The lowest BCUT2D eigenvalue weighted by molar-refractivity contribution is 0.710. The summed E-state index contributed by atoms with van der Waals surface area (Å²) in [6.45, 7) is 0. The van der Waals surface area contributed by atoms with Gasteiger partial charge in [-0.3, -0.25) is 4.99 Å². The summed E-state index contributed by atoms with van der Waals surface area (Å²) in [5.41, 5.74) is 1.22. The highest BCUT2D eigenvalue weighted by molar-refractivity contribution is 5.79. The van der Waals surface area contributed by atoms with Gasteiger partial charge in [0.25, 0.3) is 0 Å². The molecule has 0 radical (unpaired) electrons. The Morgan fingerprint density at radius 2 is 1.77 bits per heavy atom. The summed E-state index contributed by atoms with van der Waals surface area (Å²) in [4.78, 5) is 4.57. The van der Waals surface area contributed by atoms with E-state index in [1.54, 1.807) is 0 Å². The minimum Gasteiger partial charge on any atom is -0.289 e. The average molecular weight is 173 g/mol. The van der Waals surface area contributed by atoms with Gasteiger partial charge in [0.1, 0.15) is 0 Å². The summed E-state index contributed by atoms with van der Waals surface area (Å²) in [7, 11) is 0. The predicted octanol–water partition coefficient (Wildman–Crippen LogP) is 3.05. The van der Waals surface area contributed by atoms with Crippen LogP contribution in [0.1, 0.15) is 31.2 Å². The SMILES string of the molecule is C(=N\C1CCCC1)/c1ccccc1. The molecule has 0 spiro atoms. The highest BCUT2D eigenvalue weighted by Crippen LogP contribution is 2.20. The zero-order chi connectivity index (χ0) is 8.93. The normalized spacial score (nSPS) is 18.5. The van der Waals surface area contributed by atoms with E-state index in [1.807, 2.05) is 12.3 Å². The first-order valence-corrected chi connectivity index (χ1v) is 5.03. The van der Waals surface area contributed by atoms with Crippen molar-refractivity contribution in [3.05, 3.63) is 35.9 Å². The molecule has 1 aliphatic carbocycles. The van der Waals surface area contributed by atoms with E-state index >= 15 is 0 Å². The van der Waals surface area contributed by atoms with Crippen molar-refractivity contribution < 1.29 is 0 Å². The standard InChI is InChI=1S/C12H15N/c1-2-6-11(7-3-1)10-13-12-8-4-5-9-12/h1-3,6-7,10,12H,4-5,8-9H2/b13-10+. The molecule has 2 rings (SSSR count). The number of nitrogens with zero attached hydrogens (tertiary/aromatic N) is 1. The second-order valence-corrected chi connectivity index (χ2v) is 3.63. The van der Waals surface area contributed by atoms with E-state index in [0.717, 1.165) is 0 Å². The molecule has 0 amide bonds. The number of hydrogen-bond donors (Lipinski definition) is 0. The molecule has 1 saturated carbocycles. The lowest BCUT2D eigenvalue weighted by atomic mass is 10.2. The van der Waals surface area contributed by atoms with E-state index in [1.165, 1.54) is 31.2 Å². The van der Waals surface area contributed by atoms with Crippen molar-refractivity contribution in [2.75, 3.05) is 0 Å². The molecule has 0 N–H and O–H groups in total. The molecule has 0 unspecified atom stereocenters. The summed E-state index contributed by atoms with van der Waals surface area (Å²) in [5, 5.41) is 0. The fourth-order valence-corrected chi connectivity index (χ4v) is 1.78. The highest BCUT2D eigenvalue weighted by Gasteiger charge is 2.11. The third-order valence-electron chi connectivity index (χ3n) is 2.56. The number of benzene rings is 1. The van der Waals surface area contributed by atoms with E-state index in [0.29, 0.717) is 6.04 Å². The van der Waals surface area contributed by atoms with Crippen molar-refractivity contribution in [2.24, 2.45) is 4.99 Å². The van der Waals surface area contributed by atoms with Crippen LogP contribution in [0.3, 0.4) is 0 Å². The molecule has 1 aromatic carbocycles. The Kier molecular flexibility index (Phi) is 2.75. The lowest BCUT2D eigenvalue weighted by Gasteiger charge is -1.99. The van der Waals surface area contributed by atoms with E-state index < -0.39 is 0 Å². The average Bonchev–Trinajstić information content (AvgIpc) is 2.69. The van der Waals surface area contributed by atoms with Gasteiger partial charge in [-0.05, 0) is 18.4 Å². The Labute approximate surface area is 79.5 Å². The first-order chi connectivity index (χ1) is 6.45. The predicted molar refractivity (Wildman–Crippen MR) is 56.3 cm³/mol. The highest BCUT2D eigenvalue weighted by atomic mass is 14.8. The lowest BCUT2D eigenvalue weighted by Crippen LogP contribution is -1.96. The van der Waals surface area contributed by atoms with Gasteiger partial charge in [-0.25, -0.2) is 0 Å². The molecule has 13 heavy (non-hydrogen) atoms. The third-order valence-corrected chi connectivity index (χ3v) is 2.56. The van der Waals surface area contributed by atoms with E-state index in [9.17, 15) is 0 Å². The van der Waals surface area contributed by atoms with Crippen LogP contribution < -0.4 is 0 Å². The Morgan fingerprint density at radius 1 is 1.08 bits per heavy atom. The van der Waals surface area contributed by atoms with Gasteiger partial charge in [-0.1, -0.05) is 43.2 Å². The van der Waals surface area contributed by atoms with Gasteiger partial charge in [0.05, 0.1) is 0 Å². The number of rotatable bonds is 2. The fourth-order valence-electron chi connectivity index (χ4n) is 1.78. The molecule has 0 saturated heterocycles. The summed E-state index contributed by atoms with van der Waals surface area (Å²) in [6.07, 6.45) is 7.29. The number of hydrogen-bond acceptors (Lipinski definition) is 1. The topological polar surface area (TPSA) is 12.4 Å². The quantitative estimate of drug-likeness (QED) is 0.609. The zero-order valence-corrected chi connectivity index (χ0v) is 7.82. The minimum absolute atomic E-state index is 0.597. The van der Waals surface area contributed by atoms with Crippen molar-refractivity contribution in [3.8, 4) is 0 Å². The van der Waals surface area contributed by atoms with Crippen LogP contribution in [0.15, 0.2) is 35.3 Å². The van der Waals surface area contributed by atoms with Gasteiger partial charge in [0.2, 0.25) is 0 Å². The molecule has 1 fully saturated rings. The van der Waals surface area contributed by atoms with Gasteiger partial charge >= 0.3 is 0 Å². The van der Waals surface area contributed by atoms with E-state index in [-0.39, 0.29) is 0 Å². The van der Waals surface area contributed by atoms with Gasteiger partial charge in [0.15, 0.2) is 0 Å². The summed E-state index contributed by atoms with van der Waals surface area (Å²) in [5.74, 6) is 0.